The van der Waals surface area contributed by atoms with Crippen LogP contribution >= 0.6 is 0 Å². The molecule has 17 heavy (non-hydrogen) atoms. The summed E-state index contributed by atoms with van der Waals surface area (Å²) in [5.41, 5.74) is 0. The number of hydrogen-bond donors (Lipinski definition) is 0. The molecule has 0 unspecified atom stereocenters. The molecule has 2 nitrogen and oxygen atoms in total. The molecule has 0 fully saturated rings. The molecule has 1 aromatic rings. The van der Waals surface area contributed by atoms with Gasteiger partial charge in [-0.1, -0.05) is 0 Å². The Hall–Kier alpha value is -0.461. The molecule has 0 N–H and O–H groups in total. The van der Waals surface area contributed by atoms with Gasteiger partial charge in [0, 0.05) is 0 Å². The number of halogens is 3. The van der Waals surface area contributed by atoms with E-state index in [-0.39, 0.29) is 9.31 Å². The van der Waals surface area contributed by atoms with Crippen molar-refractivity contribution in [1.29, 1.82) is 0 Å². The van der Waals surface area contributed by atoms with Gasteiger partial charge in [-0.25, -0.2) is 0 Å². The SMILES string of the molecule is C[C](C)(C)[Sn][c]1ccc(OC(F)(F)CF)nc1. The van der Waals surface area contributed by atoms with Crippen molar-refractivity contribution >= 4 is 24.7 Å². The molecule has 0 aliphatic rings. The molecule has 0 saturated carbocycles. The topological polar surface area (TPSA) is 22.1 Å². The molecule has 2 radical (unpaired) electrons. The van der Waals surface area contributed by atoms with E-state index in [1.807, 2.05) is 0 Å². The zero-order chi connectivity index (χ0) is 13.1. The Kier molecular flexibility index (Phi) is 4.68. The van der Waals surface area contributed by atoms with E-state index in [0.29, 0.717) is 0 Å². The van der Waals surface area contributed by atoms with Crippen LogP contribution in [0.1, 0.15) is 20.8 Å². The van der Waals surface area contributed by atoms with Gasteiger partial charge in [-0.05, 0) is 0 Å². The maximum atomic E-state index is 12.6. The van der Waals surface area contributed by atoms with E-state index in [9.17, 15) is 13.2 Å². The zero-order valence-corrected chi connectivity index (χ0v) is 12.8. The van der Waals surface area contributed by atoms with Crippen molar-refractivity contribution in [2.75, 3.05) is 6.67 Å². The summed E-state index contributed by atoms with van der Waals surface area (Å²) in [7, 11) is 0. The fraction of sp³-hybridized carbons (Fsp3) is 0.545. The van der Waals surface area contributed by atoms with Gasteiger partial charge in [-0.2, -0.15) is 0 Å². The quantitative estimate of drug-likeness (QED) is 0.778. The molecule has 0 aliphatic heterocycles. The van der Waals surface area contributed by atoms with Crippen LogP contribution in [-0.2, 0) is 0 Å². The van der Waals surface area contributed by atoms with Crippen molar-refractivity contribution in [2.45, 2.75) is 30.3 Å². The van der Waals surface area contributed by atoms with Crippen LogP contribution in [0.3, 0.4) is 0 Å². The molecule has 1 aromatic heterocycles. The Balaban J connectivity index is 2.69. The summed E-state index contributed by atoms with van der Waals surface area (Å²) in [5.74, 6) is -0.246. The van der Waals surface area contributed by atoms with Crippen molar-refractivity contribution in [3.05, 3.63) is 18.3 Å². The van der Waals surface area contributed by atoms with E-state index >= 15 is 0 Å². The van der Waals surface area contributed by atoms with Crippen LogP contribution in [0, 0.1) is 0 Å². The van der Waals surface area contributed by atoms with Crippen LogP contribution in [-0.4, -0.2) is 38.9 Å². The molecule has 0 saturated heterocycles. The number of ether oxygens (including phenoxy) is 1. The Morgan fingerprint density at radius 3 is 2.35 bits per heavy atom. The summed E-state index contributed by atoms with van der Waals surface area (Å²) in [6.07, 6.45) is -2.25. The summed E-state index contributed by atoms with van der Waals surface area (Å²) < 4.78 is 42.5. The van der Waals surface area contributed by atoms with Gasteiger partial charge < -0.3 is 0 Å². The standard InChI is InChI=1S/C7H5F3NO.C4H9.Sn/c8-5-7(9,10)12-6-3-1-2-4-11-6;1-4(2)3;/h1,3-4H,5H2;1-3H3;. The van der Waals surface area contributed by atoms with Crippen molar-refractivity contribution in [2.24, 2.45) is 0 Å². The Morgan fingerprint density at radius 2 is 1.94 bits per heavy atom. The van der Waals surface area contributed by atoms with Crippen molar-refractivity contribution in [1.82, 2.24) is 4.98 Å². The van der Waals surface area contributed by atoms with E-state index in [4.69, 9.17) is 0 Å². The molecular weight excluding hydrogens is 338 g/mol. The van der Waals surface area contributed by atoms with Crippen LogP contribution in [0.4, 0.5) is 13.2 Å². The first kappa shape index (κ1) is 14.6. The summed E-state index contributed by atoms with van der Waals surface area (Å²) in [6, 6.07) is 3.10. The molecule has 0 aliphatic carbocycles. The Morgan fingerprint density at radius 1 is 1.29 bits per heavy atom. The van der Waals surface area contributed by atoms with Gasteiger partial charge >= 0.3 is 109 Å². The van der Waals surface area contributed by atoms with Gasteiger partial charge in [-0.3, -0.25) is 0 Å². The van der Waals surface area contributed by atoms with Crippen molar-refractivity contribution in [3.8, 4) is 5.88 Å². The van der Waals surface area contributed by atoms with Gasteiger partial charge in [-0.15, -0.1) is 0 Å². The van der Waals surface area contributed by atoms with Crippen LogP contribution in [0.2, 0.25) is 3.43 Å². The third kappa shape index (κ3) is 5.61. The second kappa shape index (κ2) is 5.45. The number of hydrogen-bond acceptors (Lipinski definition) is 2. The first-order chi connectivity index (χ1) is 7.72. The van der Waals surface area contributed by atoms with E-state index in [2.05, 4.69) is 30.5 Å². The van der Waals surface area contributed by atoms with Crippen molar-refractivity contribution < 1.29 is 17.9 Å². The van der Waals surface area contributed by atoms with Crippen LogP contribution in [0.25, 0.3) is 0 Å². The minimum atomic E-state index is -3.79. The van der Waals surface area contributed by atoms with E-state index < -0.39 is 33.9 Å². The third-order valence-corrected chi connectivity index (χ3v) is 5.47. The number of alkyl halides is 3. The van der Waals surface area contributed by atoms with Crippen molar-refractivity contribution in [3.63, 3.8) is 0 Å². The fourth-order valence-electron chi connectivity index (χ4n) is 1.13. The van der Waals surface area contributed by atoms with E-state index in [1.165, 1.54) is 6.07 Å². The van der Waals surface area contributed by atoms with Crippen LogP contribution in [0.5, 0.6) is 5.88 Å². The minimum absolute atomic E-state index is 0.246. The summed E-state index contributed by atoms with van der Waals surface area (Å²) in [6.45, 7) is 4.57. The second-order valence-corrected chi connectivity index (χ2v) is 11.3. The number of aromatic nitrogens is 1. The zero-order valence-electron chi connectivity index (χ0n) is 9.93. The molecular formula is C11H14F3NOSn. The van der Waals surface area contributed by atoms with E-state index in [1.54, 1.807) is 12.3 Å². The average molecular weight is 352 g/mol. The van der Waals surface area contributed by atoms with Gasteiger partial charge in [0.15, 0.2) is 0 Å². The monoisotopic (exact) mass is 353 g/mol. The summed E-state index contributed by atoms with van der Waals surface area (Å²) >= 11 is -0.805. The fourth-order valence-corrected chi connectivity index (χ4v) is 4.44. The molecule has 0 aromatic carbocycles. The Bertz CT molecular complexity index is 362. The van der Waals surface area contributed by atoms with E-state index in [0.717, 1.165) is 3.58 Å². The molecule has 0 amide bonds. The normalized spacial score (nSPS) is 12.6. The molecule has 94 valence electrons. The van der Waals surface area contributed by atoms with Crippen LogP contribution in [0.15, 0.2) is 18.3 Å². The number of rotatable bonds is 4. The average Bonchev–Trinajstić information content (AvgIpc) is 2.19. The molecule has 0 atom stereocenters. The first-order valence-corrected chi connectivity index (χ1v) is 7.94. The molecule has 0 bridgehead atoms. The maximum absolute atomic E-state index is 12.6. The summed E-state index contributed by atoms with van der Waals surface area (Å²) in [5, 5.41) is 0. The molecule has 0 spiro atoms. The second-order valence-electron chi connectivity index (χ2n) is 4.63. The Labute approximate surface area is 109 Å². The molecule has 6 heteroatoms. The van der Waals surface area contributed by atoms with Gasteiger partial charge in [0.2, 0.25) is 0 Å². The predicted octanol–water partition coefficient (Wildman–Crippen LogP) is 2.57. The van der Waals surface area contributed by atoms with Crippen LogP contribution < -0.4 is 8.32 Å². The number of pyridine rings is 1. The number of nitrogens with zero attached hydrogens (tertiary/aromatic N) is 1. The van der Waals surface area contributed by atoms with Gasteiger partial charge in [0.25, 0.3) is 0 Å². The van der Waals surface area contributed by atoms with Gasteiger partial charge in [0.05, 0.1) is 0 Å². The third-order valence-electron chi connectivity index (χ3n) is 1.67. The molecule has 1 heterocycles. The predicted molar refractivity (Wildman–Crippen MR) is 60.9 cm³/mol. The first-order valence-electron chi connectivity index (χ1n) is 5.09. The summed E-state index contributed by atoms with van der Waals surface area (Å²) in [4.78, 5) is 3.77. The molecule has 1 rings (SSSR count). The van der Waals surface area contributed by atoms with Gasteiger partial charge in [0.1, 0.15) is 0 Å².